The quantitative estimate of drug-likeness (QED) is 0.339. The van der Waals surface area contributed by atoms with E-state index in [2.05, 4.69) is 4.74 Å². The second kappa shape index (κ2) is 11.1. The number of benzene rings is 2. The molecule has 1 aliphatic carbocycles. The topological polar surface area (TPSA) is 114 Å². The summed E-state index contributed by atoms with van der Waals surface area (Å²) < 4.78 is 51.5. The molecule has 0 saturated heterocycles. The minimum Gasteiger partial charge on any atom is -0.459 e. The first kappa shape index (κ1) is 25.1. The number of hydrogen-bond acceptors (Lipinski definition) is 7. The summed E-state index contributed by atoms with van der Waals surface area (Å²) in [7, 11) is 0. The van der Waals surface area contributed by atoms with Gasteiger partial charge in [-0.1, -0.05) is 12.1 Å². The summed E-state index contributed by atoms with van der Waals surface area (Å²) in [6.07, 6.45) is -2.30. The highest BCUT2D eigenvalue weighted by molar-refractivity contribution is 5.90. The number of esters is 2. The molecule has 0 radical (unpaired) electrons. The van der Waals surface area contributed by atoms with Crippen LogP contribution in [0.2, 0.25) is 0 Å². The minimum atomic E-state index is -4.66. The molecule has 3 rings (SSSR count). The van der Waals surface area contributed by atoms with Crippen molar-refractivity contribution in [2.24, 2.45) is 0 Å². The van der Waals surface area contributed by atoms with E-state index in [-0.39, 0.29) is 19.4 Å². The van der Waals surface area contributed by atoms with Crippen molar-refractivity contribution in [1.82, 2.24) is 0 Å². The molecule has 0 amide bonds. The van der Waals surface area contributed by atoms with Crippen LogP contribution in [0, 0.1) is 0 Å². The number of carbonyl (C=O) groups is 2. The lowest BCUT2D eigenvalue weighted by Crippen LogP contribution is -2.31. The van der Waals surface area contributed by atoms with Gasteiger partial charge in [-0.2, -0.15) is 0 Å². The summed E-state index contributed by atoms with van der Waals surface area (Å²) in [4.78, 5) is 24.3. The molecule has 182 valence electrons. The first-order valence-corrected chi connectivity index (χ1v) is 10.6. The molecule has 1 saturated carbocycles. The Hall–Kier alpha value is -3.53. The van der Waals surface area contributed by atoms with Gasteiger partial charge in [-0.15, -0.1) is 13.2 Å². The summed E-state index contributed by atoms with van der Waals surface area (Å²) >= 11 is 0. The predicted molar refractivity (Wildman–Crippen MR) is 119 cm³/mol. The Morgan fingerprint density at radius 2 is 1.62 bits per heavy atom. The summed E-state index contributed by atoms with van der Waals surface area (Å²) in [6.45, 7) is -0.0188. The Morgan fingerprint density at radius 3 is 2.26 bits per heavy atom. The van der Waals surface area contributed by atoms with Gasteiger partial charge in [0.05, 0.1) is 11.7 Å². The normalized spacial score (nSPS) is 18.6. The lowest BCUT2D eigenvalue weighted by molar-refractivity contribution is -0.346. The smallest absolute Gasteiger partial charge is 0.459 e. The van der Waals surface area contributed by atoms with Crippen LogP contribution in [-0.2, 0) is 25.6 Å². The van der Waals surface area contributed by atoms with E-state index in [1.165, 1.54) is 12.2 Å². The van der Waals surface area contributed by atoms with Gasteiger partial charge in [0, 0.05) is 23.0 Å². The zero-order valence-corrected chi connectivity index (χ0v) is 18.2. The summed E-state index contributed by atoms with van der Waals surface area (Å²) in [5.41, 5.74) is 14.0. The van der Waals surface area contributed by atoms with Crippen LogP contribution in [-0.4, -0.2) is 30.5 Å². The molecule has 10 heteroatoms. The van der Waals surface area contributed by atoms with Gasteiger partial charge in [0.1, 0.15) is 12.7 Å². The van der Waals surface area contributed by atoms with Gasteiger partial charge in [-0.3, -0.25) is 4.74 Å². The van der Waals surface area contributed by atoms with E-state index in [1.54, 1.807) is 42.5 Å². The summed E-state index contributed by atoms with van der Waals surface area (Å²) in [5.74, 6) is -1.13. The number of halogens is 3. The third-order valence-corrected chi connectivity index (χ3v) is 5.29. The number of nitrogens with two attached hydrogens (primary N) is 2. The molecule has 7 nitrogen and oxygen atoms in total. The van der Waals surface area contributed by atoms with E-state index in [1.807, 2.05) is 0 Å². The number of alkyl halides is 3. The van der Waals surface area contributed by atoms with Crippen molar-refractivity contribution in [2.75, 3.05) is 11.5 Å². The molecule has 1 aliphatic rings. The van der Waals surface area contributed by atoms with Crippen LogP contribution in [0.25, 0.3) is 6.08 Å². The number of rotatable bonds is 7. The third-order valence-electron chi connectivity index (χ3n) is 5.29. The van der Waals surface area contributed by atoms with E-state index >= 15 is 0 Å². The number of anilines is 2. The van der Waals surface area contributed by atoms with E-state index in [0.717, 1.165) is 0 Å². The molecule has 0 heterocycles. The van der Waals surface area contributed by atoms with Crippen molar-refractivity contribution in [3.63, 3.8) is 0 Å². The molecule has 1 fully saturated rings. The first-order chi connectivity index (χ1) is 16.1. The van der Waals surface area contributed by atoms with Crippen LogP contribution in [0.3, 0.4) is 0 Å². The van der Waals surface area contributed by atoms with Gasteiger partial charge in [0.15, 0.2) is 0 Å². The first-order valence-electron chi connectivity index (χ1n) is 10.6. The Balaban J connectivity index is 1.45. The Labute approximate surface area is 194 Å². The molecule has 0 aliphatic heterocycles. The molecular formula is C24H25F3N2O5. The van der Waals surface area contributed by atoms with Crippen molar-refractivity contribution >= 4 is 29.4 Å². The molecule has 4 N–H and O–H groups in total. The van der Waals surface area contributed by atoms with Crippen molar-refractivity contribution in [1.29, 1.82) is 0 Å². The average molecular weight is 478 g/mol. The van der Waals surface area contributed by atoms with Crippen LogP contribution >= 0.6 is 0 Å². The number of ether oxygens (including phenoxy) is 3. The van der Waals surface area contributed by atoms with Gasteiger partial charge in [0.25, 0.3) is 0 Å². The number of nitrogen functional groups attached to an aromatic ring is 2. The average Bonchev–Trinajstić information content (AvgIpc) is 2.79. The Bertz CT molecular complexity index is 1030. The fraction of sp³-hybridized carbons (Fsp3) is 0.333. The van der Waals surface area contributed by atoms with Crippen LogP contribution < -0.4 is 11.5 Å². The predicted octanol–water partition coefficient (Wildman–Crippen LogP) is 4.61. The lowest BCUT2D eigenvalue weighted by Gasteiger charge is -2.28. The van der Waals surface area contributed by atoms with Gasteiger partial charge in [-0.25, -0.2) is 9.59 Å². The molecule has 0 spiro atoms. The highest BCUT2D eigenvalue weighted by Gasteiger charge is 2.36. The zero-order valence-electron chi connectivity index (χ0n) is 18.2. The standard InChI is InChI=1S/C24H25F3N2O5/c25-24(26,27)34-20-9-7-19(8-10-20)33-23(31)16-4-1-15(2-5-16)3-12-22(30)32-14-17-13-18(28)6-11-21(17)29/h1-6,11-13,19-20H,7-10,14,28-29H2/b12-3+. The van der Waals surface area contributed by atoms with Gasteiger partial charge < -0.3 is 20.9 Å². The van der Waals surface area contributed by atoms with Crippen LogP contribution in [0.4, 0.5) is 24.5 Å². The van der Waals surface area contributed by atoms with Crippen LogP contribution in [0.1, 0.15) is 47.2 Å². The maximum atomic E-state index is 12.3. The lowest BCUT2D eigenvalue weighted by atomic mass is 9.95. The van der Waals surface area contributed by atoms with E-state index in [4.69, 9.17) is 20.9 Å². The van der Waals surface area contributed by atoms with E-state index < -0.39 is 30.5 Å². The molecular weight excluding hydrogens is 453 g/mol. The zero-order chi connectivity index (χ0) is 24.7. The number of carbonyl (C=O) groups excluding carboxylic acids is 2. The molecule has 0 aromatic heterocycles. The molecule has 2 aromatic carbocycles. The van der Waals surface area contributed by atoms with E-state index in [0.29, 0.717) is 40.9 Å². The fourth-order valence-electron chi connectivity index (χ4n) is 3.52. The maximum absolute atomic E-state index is 12.3. The highest BCUT2D eigenvalue weighted by atomic mass is 19.4. The van der Waals surface area contributed by atoms with Gasteiger partial charge >= 0.3 is 18.3 Å². The summed E-state index contributed by atoms with van der Waals surface area (Å²) in [5, 5.41) is 0. The molecule has 0 unspecified atom stereocenters. The molecule has 0 bridgehead atoms. The van der Waals surface area contributed by atoms with Crippen molar-refractivity contribution in [3.8, 4) is 0 Å². The fourth-order valence-corrected chi connectivity index (χ4v) is 3.52. The monoisotopic (exact) mass is 478 g/mol. The molecule has 2 aromatic rings. The Kier molecular flexibility index (Phi) is 8.17. The largest absolute Gasteiger partial charge is 0.522 e. The van der Waals surface area contributed by atoms with Crippen molar-refractivity contribution < 1.29 is 37.0 Å². The highest BCUT2D eigenvalue weighted by Crippen LogP contribution is 2.29. The van der Waals surface area contributed by atoms with Crippen LogP contribution in [0.15, 0.2) is 48.5 Å². The van der Waals surface area contributed by atoms with Crippen LogP contribution in [0.5, 0.6) is 0 Å². The van der Waals surface area contributed by atoms with Crippen molar-refractivity contribution in [3.05, 3.63) is 65.2 Å². The van der Waals surface area contributed by atoms with Gasteiger partial charge in [-0.05, 0) is 67.7 Å². The third kappa shape index (κ3) is 7.80. The molecule has 34 heavy (non-hydrogen) atoms. The molecule has 0 atom stereocenters. The second-order valence-electron chi connectivity index (χ2n) is 7.89. The van der Waals surface area contributed by atoms with Gasteiger partial charge in [0.2, 0.25) is 0 Å². The van der Waals surface area contributed by atoms with E-state index in [9.17, 15) is 22.8 Å². The number of hydrogen-bond donors (Lipinski definition) is 2. The maximum Gasteiger partial charge on any atom is 0.522 e. The summed E-state index contributed by atoms with van der Waals surface area (Å²) in [6, 6.07) is 11.3. The SMILES string of the molecule is Nc1ccc(N)c(COC(=O)/C=C/c2ccc(C(=O)OC3CCC(OC(F)(F)F)CC3)cc2)c1. The Morgan fingerprint density at radius 1 is 0.971 bits per heavy atom. The van der Waals surface area contributed by atoms with Crippen molar-refractivity contribution in [2.45, 2.75) is 50.9 Å². The minimum absolute atomic E-state index is 0.0188. The second-order valence-corrected chi connectivity index (χ2v) is 7.89.